The van der Waals surface area contributed by atoms with E-state index in [-0.39, 0.29) is 22.5 Å². The summed E-state index contributed by atoms with van der Waals surface area (Å²) in [5.41, 5.74) is 1.49. The molecular formula is C22H25N5O3. The molecular weight excluding hydrogens is 382 g/mol. The summed E-state index contributed by atoms with van der Waals surface area (Å²) in [6.07, 6.45) is 6.55. The number of nitrogens with zero attached hydrogens (tertiary/aromatic N) is 2. The van der Waals surface area contributed by atoms with Crippen LogP contribution in [0, 0.1) is 0 Å². The Balaban J connectivity index is 1.37. The van der Waals surface area contributed by atoms with E-state index in [1.54, 1.807) is 0 Å². The van der Waals surface area contributed by atoms with Crippen molar-refractivity contribution in [3.05, 3.63) is 74.1 Å². The molecule has 0 bridgehead atoms. The van der Waals surface area contributed by atoms with Gasteiger partial charge in [-0.2, -0.15) is 0 Å². The zero-order valence-corrected chi connectivity index (χ0v) is 16.7. The lowest BCUT2D eigenvalue weighted by molar-refractivity contribution is 0.0950. The van der Waals surface area contributed by atoms with E-state index in [0.29, 0.717) is 6.54 Å². The van der Waals surface area contributed by atoms with Crippen LogP contribution in [-0.2, 0) is 13.1 Å². The summed E-state index contributed by atoms with van der Waals surface area (Å²) in [7, 11) is 0. The first-order valence-electron chi connectivity index (χ1n) is 10.3. The number of nitrogens with one attached hydrogen (secondary N) is 3. The second-order valence-corrected chi connectivity index (χ2v) is 7.72. The number of likely N-dealkylation sites (tertiary alicyclic amines) is 1. The number of hydrogen-bond donors (Lipinski definition) is 3. The van der Waals surface area contributed by atoms with Gasteiger partial charge in [0, 0.05) is 19.3 Å². The zero-order valence-electron chi connectivity index (χ0n) is 16.7. The van der Waals surface area contributed by atoms with Gasteiger partial charge >= 0.3 is 5.69 Å². The fraction of sp³-hybridized carbons (Fsp3) is 0.364. The Hall–Kier alpha value is -3.26. The van der Waals surface area contributed by atoms with Gasteiger partial charge in [-0.1, -0.05) is 37.1 Å². The molecule has 4 rings (SSSR count). The highest BCUT2D eigenvalue weighted by Gasteiger charge is 2.11. The standard InChI is InChI=1S/C22H25N5O3/c28-20(17-11-18-19(23-13-17)25-22(30)26-21(18)29)24-12-15-5-7-16(8-6-15)14-27-9-3-1-2-4-10-27/h5-8,11,13H,1-4,9-10,12,14H2,(H,24,28)(H2,23,25,26,29,30). The molecule has 1 amide bonds. The molecule has 0 saturated carbocycles. The van der Waals surface area contributed by atoms with Crippen LogP contribution in [0.3, 0.4) is 0 Å². The van der Waals surface area contributed by atoms with Crippen molar-refractivity contribution in [3.63, 3.8) is 0 Å². The number of hydrogen-bond acceptors (Lipinski definition) is 5. The molecule has 1 fully saturated rings. The van der Waals surface area contributed by atoms with Crippen molar-refractivity contribution >= 4 is 16.9 Å². The average molecular weight is 407 g/mol. The molecule has 8 nitrogen and oxygen atoms in total. The van der Waals surface area contributed by atoms with Gasteiger partial charge in [-0.25, -0.2) is 9.78 Å². The molecule has 0 atom stereocenters. The molecule has 1 aromatic carbocycles. The third-order valence-corrected chi connectivity index (χ3v) is 5.43. The fourth-order valence-corrected chi connectivity index (χ4v) is 3.77. The van der Waals surface area contributed by atoms with Gasteiger partial charge in [0.05, 0.1) is 10.9 Å². The Kier molecular flexibility index (Phi) is 6.04. The molecule has 1 aliphatic rings. The van der Waals surface area contributed by atoms with Crippen molar-refractivity contribution in [1.29, 1.82) is 0 Å². The predicted octanol–water partition coefficient (Wildman–Crippen LogP) is 1.92. The first-order valence-corrected chi connectivity index (χ1v) is 10.3. The van der Waals surface area contributed by atoms with Crippen molar-refractivity contribution in [2.24, 2.45) is 0 Å². The van der Waals surface area contributed by atoms with Gasteiger partial charge in [-0.3, -0.25) is 24.5 Å². The number of fused-ring (bicyclic) bond motifs is 1. The van der Waals surface area contributed by atoms with E-state index in [1.165, 1.54) is 43.5 Å². The summed E-state index contributed by atoms with van der Waals surface area (Å²) in [6.45, 7) is 3.66. The second-order valence-electron chi connectivity index (χ2n) is 7.72. The van der Waals surface area contributed by atoms with Crippen molar-refractivity contribution in [2.75, 3.05) is 13.1 Å². The normalized spacial score (nSPS) is 15.1. The Morgan fingerprint density at radius 3 is 2.43 bits per heavy atom. The van der Waals surface area contributed by atoms with E-state index in [0.717, 1.165) is 25.2 Å². The van der Waals surface area contributed by atoms with Gasteiger partial charge < -0.3 is 5.32 Å². The number of aromatic amines is 2. The molecule has 8 heteroatoms. The lowest BCUT2D eigenvalue weighted by atomic mass is 10.1. The van der Waals surface area contributed by atoms with Crippen LogP contribution in [0.15, 0.2) is 46.1 Å². The van der Waals surface area contributed by atoms with E-state index < -0.39 is 11.2 Å². The smallest absolute Gasteiger partial charge is 0.327 e. The van der Waals surface area contributed by atoms with Gasteiger partial charge in [-0.15, -0.1) is 0 Å². The fourth-order valence-electron chi connectivity index (χ4n) is 3.77. The van der Waals surface area contributed by atoms with E-state index in [9.17, 15) is 14.4 Å². The van der Waals surface area contributed by atoms with Crippen LogP contribution in [0.25, 0.3) is 11.0 Å². The molecule has 3 N–H and O–H groups in total. The van der Waals surface area contributed by atoms with Crippen LogP contribution in [0.5, 0.6) is 0 Å². The SMILES string of the molecule is O=C(NCc1ccc(CN2CCCCCC2)cc1)c1cnc2[nH]c(=O)[nH]c(=O)c2c1. The van der Waals surface area contributed by atoms with Gasteiger partial charge in [0.1, 0.15) is 5.65 Å². The number of carbonyl (C=O) groups excluding carboxylic acids is 1. The van der Waals surface area contributed by atoms with Gasteiger partial charge in [-0.05, 0) is 43.1 Å². The van der Waals surface area contributed by atoms with Crippen LogP contribution in [0.4, 0.5) is 0 Å². The first-order chi connectivity index (χ1) is 14.6. The Bertz CT molecular complexity index is 1140. The average Bonchev–Trinajstić information content (AvgIpc) is 3.01. The minimum atomic E-state index is -0.628. The molecule has 3 heterocycles. The van der Waals surface area contributed by atoms with Crippen LogP contribution < -0.4 is 16.6 Å². The topological polar surface area (TPSA) is 111 Å². The second kappa shape index (κ2) is 9.04. The number of amides is 1. The van der Waals surface area contributed by atoms with Crippen molar-refractivity contribution in [2.45, 2.75) is 38.8 Å². The van der Waals surface area contributed by atoms with Crippen LogP contribution in [0.2, 0.25) is 0 Å². The maximum Gasteiger partial charge on any atom is 0.327 e. The highest BCUT2D eigenvalue weighted by atomic mass is 16.2. The van der Waals surface area contributed by atoms with E-state index in [1.807, 2.05) is 12.1 Å². The maximum atomic E-state index is 12.5. The molecule has 0 aliphatic carbocycles. The summed E-state index contributed by atoms with van der Waals surface area (Å²) in [5, 5.41) is 3.01. The summed E-state index contributed by atoms with van der Waals surface area (Å²) in [6, 6.07) is 9.71. The van der Waals surface area contributed by atoms with Gasteiger partial charge in [0.2, 0.25) is 0 Å². The number of aromatic nitrogens is 3. The number of rotatable bonds is 5. The number of pyridine rings is 1. The largest absolute Gasteiger partial charge is 0.348 e. The lowest BCUT2D eigenvalue weighted by Crippen LogP contribution is -2.25. The molecule has 0 radical (unpaired) electrons. The summed E-state index contributed by atoms with van der Waals surface area (Å²) in [5.74, 6) is -0.330. The monoisotopic (exact) mass is 407 g/mol. The Labute approximate surface area is 173 Å². The minimum absolute atomic E-state index is 0.153. The molecule has 156 valence electrons. The highest BCUT2D eigenvalue weighted by molar-refractivity contribution is 5.96. The van der Waals surface area contributed by atoms with E-state index >= 15 is 0 Å². The number of H-pyrrole nitrogens is 2. The van der Waals surface area contributed by atoms with Crippen LogP contribution in [-0.4, -0.2) is 38.8 Å². The Morgan fingerprint density at radius 1 is 1.00 bits per heavy atom. The molecule has 30 heavy (non-hydrogen) atoms. The first kappa shape index (κ1) is 20.0. The summed E-state index contributed by atoms with van der Waals surface area (Å²) in [4.78, 5) is 46.7. The highest BCUT2D eigenvalue weighted by Crippen LogP contribution is 2.14. The number of carbonyl (C=O) groups is 1. The summed E-state index contributed by atoms with van der Waals surface area (Å²) < 4.78 is 0. The summed E-state index contributed by atoms with van der Waals surface area (Å²) >= 11 is 0. The van der Waals surface area contributed by atoms with Crippen LogP contribution >= 0.6 is 0 Å². The van der Waals surface area contributed by atoms with Crippen molar-refractivity contribution in [3.8, 4) is 0 Å². The zero-order chi connectivity index (χ0) is 20.9. The quantitative estimate of drug-likeness (QED) is 0.598. The van der Waals surface area contributed by atoms with Crippen molar-refractivity contribution in [1.82, 2.24) is 25.2 Å². The molecule has 1 saturated heterocycles. The molecule has 0 unspecified atom stereocenters. The third kappa shape index (κ3) is 4.83. The minimum Gasteiger partial charge on any atom is -0.348 e. The Morgan fingerprint density at radius 2 is 1.70 bits per heavy atom. The molecule has 0 spiro atoms. The van der Waals surface area contributed by atoms with E-state index in [2.05, 4.69) is 37.3 Å². The lowest BCUT2D eigenvalue weighted by Gasteiger charge is -2.19. The van der Waals surface area contributed by atoms with Crippen molar-refractivity contribution < 1.29 is 4.79 Å². The molecule has 3 aromatic rings. The maximum absolute atomic E-state index is 12.5. The van der Waals surface area contributed by atoms with E-state index in [4.69, 9.17) is 0 Å². The van der Waals surface area contributed by atoms with Gasteiger partial charge in [0.25, 0.3) is 11.5 Å². The molecule has 1 aliphatic heterocycles. The predicted molar refractivity (Wildman–Crippen MR) is 114 cm³/mol. The van der Waals surface area contributed by atoms with Crippen LogP contribution in [0.1, 0.15) is 47.2 Å². The molecule has 2 aromatic heterocycles. The third-order valence-electron chi connectivity index (χ3n) is 5.43. The van der Waals surface area contributed by atoms with Gasteiger partial charge in [0.15, 0.2) is 0 Å². The number of benzene rings is 1.